The van der Waals surface area contributed by atoms with Gasteiger partial charge in [0.05, 0.1) is 0 Å². The van der Waals surface area contributed by atoms with Crippen molar-refractivity contribution >= 4 is 18.1 Å². The van der Waals surface area contributed by atoms with E-state index in [1.165, 1.54) is 4.90 Å². The monoisotopic (exact) mass is 415 g/mol. The third kappa shape index (κ3) is 5.98. The molecule has 2 heterocycles. The van der Waals surface area contributed by atoms with Gasteiger partial charge in [0.1, 0.15) is 18.8 Å². The van der Waals surface area contributed by atoms with E-state index in [1.54, 1.807) is 22.2 Å². The topological polar surface area (TPSA) is 79.4 Å². The Balaban J connectivity index is 1.47. The molecule has 1 atom stereocenters. The number of ether oxygens (including phenoxy) is 2. The van der Waals surface area contributed by atoms with Gasteiger partial charge in [-0.3, -0.25) is 9.69 Å². The molecule has 30 heavy (non-hydrogen) atoms. The van der Waals surface area contributed by atoms with Crippen LogP contribution in [0.2, 0.25) is 0 Å². The van der Waals surface area contributed by atoms with Crippen LogP contribution >= 0.6 is 0 Å². The zero-order valence-corrected chi connectivity index (χ0v) is 17.7. The van der Waals surface area contributed by atoms with E-state index in [9.17, 15) is 14.4 Å². The van der Waals surface area contributed by atoms with Gasteiger partial charge in [0, 0.05) is 32.0 Å². The number of nitrogens with zero attached hydrogens (tertiary/aromatic N) is 3. The molecule has 0 N–H and O–H groups in total. The van der Waals surface area contributed by atoms with Gasteiger partial charge in [-0.25, -0.2) is 9.59 Å². The second-order valence-corrected chi connectivity index (χ2v) is 8.59. The standard InChI is InChI=1S/C22H29N3O5/c1-22(2,3)30-21(28)24-10-9-18(14-24)13-23-11-12-25(15-19(23)26)20(27)29-16-17-7-5-4-6-8-17/h4-8,11-12,18H,9-10,13-16H2,1-3H3. The van der Waals surface area contributed by atoms with E-state index in [2.05, 4.69) is 0 Å². The minimum absolute atomic E-state index is 0.0629. The molecule has 8 nitrogen and oxygen atoms in total. The van der Waals surface area contributed by atoms with Gasteiger partial charge in [0.15, 0.2) is 0 Å². The fraction of sp³-hybridized carbons (Fsp3) is 0.500. The van der Waals surface area contributed by atoms with Gasteiger partial charge in [-0.2, -0.15) is 0 Å². The van der Waals surface area contributed by atoms with Gasteiger partial charge in [-0.05, 0) is 38.7 Å². The Morgan fingerprint density at radius 1 is 1.10 bits per heavy atom. The average Bonchev–Trinajstić information content (AvgIpc) is 3.16. The SMILES string of the molecule is CC(C)(C)OC(=O)N1CCC(CN2C=CN(C(=O)OCc3ccccc3)CC2=O)C1. The highest BCUT2D eigenvalue weighted by molar-refractivity contribution is 5.85. The Morgan fingerprint density at radius 2 is 1.83 bits per heavy atom. The molecule has 3 rings (SSSR count). The molecule has 0 saturated carbocycles. The van der Waals surface area contributed by atoms with Gasteiger partial charge in [0.25, 0.3) is 0 Å². The summed E-state index contributed by atoms with van der Waals surface area (Å²) in [5.41, 5.74) is 0.356. The molecule has 1 saturated heterocycles. The normalized spacial score (nSPS) is 19.2. The lowest BCUT2D eigenvalue weighted by molar-refractivity contribution is -0.130. The van der Waals surface area contributed by atoms with E-state index in [0.717, 1.165) is 12.0 Å². The molecule has 0 aliphatic carbocycles. The summed E-state index contributed by atoms with van der Waals surface area (Å²) in [6.45, 7) is 7.28. The highest BCUT2D eigenvalue weighted by Crippen LogP contribution is 2.21. The fourth-order valence-electron chi connectivity index (χ4n) is 3.38. The fourth-order valence-corrected chi connectivity index (χ4v) is 3.38. The summed E-state index contributed by atoms with van der Waals surface area (Å²) in [7, 11) is 0. The number of likely N-dealkylation sites (tertiary alicyclic amines) is 1. The van der Waals surface area contributed by atoms with Crippen LogP contribution in [0.15, 0.2) is 42.7 Å². The third-order valence-electron chi connectivity index (χ3n) is 4.88. The highest BCUT2D eigenvalue weighted by Gasteiger charge is 2.32. The van der Waals surface area contributed by atoms with Crippen LogP contribution in [0.1, 0.15) is 32.8 Å². The highest BCUT2D eigenvalue weighted by atomic mass is 16.6. The van der Waals surface area contributed by atoms with E-state index in [-0.39, 0.29) is 31.1 Å². The molecule has 8 heteroatoms. The average molecular weight is 415 g/mol. The number of benzene rings is 1. The minimum atomic E-state index is -0.555. The Kier molecular flexibility index (Phi) is 6.64. The third-order valence-corrected chi connectivity index (χ3v) is 4.88. The van der Waals surface area contributed by atoms with Crippen LogP contribution in [0.25, 0.3) is 0 Å². The Hall–Kier alpha value is -3.03. The van der Waals surface area contributed by atoms with Crippen molar-refractivity contribution in [2.75, 3.05) is 26.2 Å². The molecule has 0 bridgehead atoms. The maximum Gasteiger partial charge on any atom is 0.414 e. The zero-order chi connectivity index (χ0) is 21.7. The van der Waals surface area contributed by atoms with Crippen molar-refractivity contribution in [3.05, 3.63) is 48.3 Å². The maximum absolute atomic E-state index is 12.5. The number of hydrogen-bond acceptors (Lipinski definition) is 5. The predicted octanol–water partition coefficient (Wildman–Crippen LogP) is 3.20. The Bertz CT molecular complexity index is 803. The molecule has 3 amide bonds. The lowest BCUT2D eigenvalue weighted by Gasteiger charge is -2.29. The summed E-state index contributed by atoms with van der Waals surface area (Å²) in [6, 6.07) is 9.38. The molecule has 1 fully saturated rings. The van der Waals surface area contributed by atoms with Crippen LogP contribution in [0.5, 0.6) is 0 Å². The van der Waals surface area contributed by atoms with Gasteiger partial charge < -0.3 is 19.3 Å². The molecule has 1 aromatic carbocycles. The summed E-state index contributed by atoms with van der Waals surface area (Å²) in [5, 5.41) is 0. The molecule has 1 aromatic rings. The van der Waals surface area contributed by atoms with Crippen LogP contribution in [-0.4, -0.2) is 64.6 Å². The number of carbonyl (C=O) groups is 3. The van der Waals surface area contributed by atoms with Gasteiger partial charge in [-0.1, -0.05) is 30.3 Å². The molecule has 2 aliphatic rings. The number of rotatable bonds is 4. The van der Waals surface area contributed by atoms with Crippen LogP contribution in [0, 0.1) is 5.92 Å². The van der Waals surface area contributed by atoms with E-state index in [4.69, 9.17) is 9.47 Å². The molecule has 0 radical (unpaired) electrons. The number of carbonyl (C=O) groups excluding carboxylic acids is 3. The molecule has 0 spiro atoms. The van der Waals surface area contributed by atoms with Crippen molar-refractivity contribution in [3.63, 3.8) is 0 Å². The van der Waals surface area contributed by atoms with Crippen molar-refractivity contribution in [3.8, 4) is 0 Å². The summed E-state index contributed by atoms with van der Waals surface area (Å²) in [5.74, 6) is -0.00687. The van der Waals surface area contributed by atoms with E-state index >= 15 is 0 Å². The van der Waals surface area contributed by atoms with Crippen LogP contribution in [0.4, 0.5) is 9.59 Å². The molecular weight excluding hydrogens is 386 g/mol. The quantitative estimate of drug-likeness (QED) is 0.755. The largest absolute Gasteiger partial charge is 0.444 e. The molecular formula is C22H29N3O5. The van der Waals surface area contributed by atoms with Crippen LogP contribution < -0.4 is 0 Å². The lowest BCUT2D eigenvalue weighted by atomic mass is 10.1. The van der Waals surface area contributed by atoms with E-state index in [1.807, 2.05) is 51.1 Å². The molecule has 0 aromatic heterocycles. The lowest BCUT2D eigenvalue weighted by Crippen LogP contribution is -2.44. The summed E-state index contributed by atoms with van der Waals surface area (Å²) >= 11 is 0. The molecule has 162 valence electrons. The first-order valence-corrected chi connectivity index (χ1v) is 10.1. The van der Waals surface area contributed by atoms with Crippen molar-refractivity contribution < 1.29 is 23.9 Å². The summed E-state index contributed by atoms with van der Waals surface area (Å²) < 4.78 is 10.7. The Morgan fingerprint density at radius 3 is 2.50 bits per heavy atom. The smallest absolute Gasteiger partial charge is 0.414 e. The Labute approximate surface area is 177 Å². The van der Waals surface area contributed by atoms with E-state index < -0.39 is 11.7 Å². The first kappa shape index (κ1) is 21.7. The first-order chi connectivity index (χ1) is 14.2. The van der Waals surface area contributed by atoms with Crippen molar-refractivity contribution in [2.24, 2.45) is 5.92 Å². The zero-order valence-electron chi connectivity index (χ0n) is 17.7. The number of amides is 3. The number of hydrogen-bond donors (Lipinski definition) is 0. The molecule has 2 aliphatic heterocycles. The van der Waals surface area contributed by atoms with Gasteiger partial charge in [-0.15, -0.1) is 0 Å². The first-order valence-electron chi connectivity index (χ1n) is 10.1. The van der Waals surface area contributed by atoms with Crippen LogP contribution in [0.3, 0.4) is 0 Å². The van der Waals surface area contributed by atoms with E-state index in [0.29, 0.717) is 19.6 Å². The minimum Gasteiger partial charge on any atom is -0.444 e. The molecule has 1 unspecified atom stereocenters. The van der Waals surface area contributed by atoms with Crippen molar-refractivity contribution in [2.45, 2.75) is 39.4 Å². The maximum atomic E-state index is 12.5. The second-order valence-electron chi connectivity index (χ2n) is 8.59. The summed E-state index contributed by atoms with van der Waals surface area (Å²) in [6.07, 6.45) is 3.10. The van der Waals surface area contributed by atoms with Gasteiger partial charge in [0.2, 0.25) is 5.91 Å². The van der Waals surface area contributed by atoms with Crippen molar-refractivity contribution in [1.82, 2.24) is 14.7 Å². The van der Waals surface area contributed by atoms with Gasteiger partial charge >= 0.3 is 12.2 Å². The second kappa shape index (κ2) is 9.19. The predicted molar refractivity (Wildman–Crippen MR) is 110 cm³/mol. The summed E-state index contributed by atoms with van der Waals surface area (Å²) in [4.78, 5) is 41.5. The van der Waals surface area contributed by atoms with Crippen molar-refractivity contribution in [1.29, 1.82) is 0 Å². The van der Waals surface area contributed by atoms with Crippen LogP contribution in [-0.2, 0) is 20.9 Å².